The fourth-order valence-corrected chi connectivity index (χ4v) is 3.37. The summed E-state index contributed by atoms with van der Waals surface area (Å²) in [5, 5.41) is 0.734. The van der Waals surface area contributed by atoms with Crippen molar-refractivity contribution in [2.75, 3.05) is 7.11 Å². The van der Waals surface area contributed by atoms with Crippen molar-refractivity contribution in [3.05, 3.63) is 98.2 Å². The van der Waals surface area contributed by atoms with Gasteiger partial charge in [-0.15, -0.1) is 0 Å². The number of ether oxygens (including phenoxy) is 2. The maximum absolute atomic E-state index is 13.3. The van der Waals surface area contributed by atoms with Crippen LogP contribution in [0.15, 0.2) is 60.7 Å². The van der Waals surface area contributed by atoms with Gasteiger partial charge in [0.15, 0.2) is 5.78 Å². The number of halogens is 4. The van der Waals surface area contributed by atoms with Gasteiger partial charge in [0.05, 0.1) is 17.2 Å². The highest BCUT2D eigenvalue weighted by atomic mass is 35.5. The number of hydrogen-bond acceptors (Lipinski definition) is 3. The zero-order valence-corrected chi connectivity index (χ0v) is 18.1. The molecular weight excluding hydrogens is 450 g/mol. The third kappa shape index (κ3) is 5.54. The number of allylic oxidation sites excluding steroid dienone is 1. The molecule has 0 aliphatic rings. The van der Waals surface area contributed by atoms with Gasteiger partial charge in [-0.25, -0.2) is 4.39 Å². The second-order valence-corrected chi connectivity index (χ2v) is 7.51. The van der Waals surface area contributed by atoms with Crippen molar-refractivity contribution in [2.45, 2.75) is 6.61 Å². The molecule has 3 aromatic rings. The van der Waals surface area contributed by atoms with Gasteiger partial charge in [0.25, 0.3) is 0 Å². The Kier molecular flexibility index (Phi) is 7.38. The van der Waals surface area contributed by atoms with Crippen molar-refractivity contribution in [2.24, 2.45) is 0 Å². The van der Waals surface area contributed by atoms with Crippen LogP contribution in [0.25, 0.3) is 6.08 Å². The van der Waals surface area contributed by atoms with E-state index in [1.54, 1.807) is 31.4 Å². The predicted molar refractivity (Wildman–Crippen MR) is 119 cm³/mol. The maximum Gasteiger partial charge on any atom is 0.187 e. The van der Waals surface area contributed by atoms with Crippen LogP contribution >= 0.6 is 34.8 Å². The van der Waals surface area contributed by atoms with Crippen LogP contribution in [0.4, 0.5) is 4.39 Å². The van der Waals surface area contributed by atoms with E-state index >= 15 is 0 Å². The second-order valence-electron chi connectivity index (χ2n) is 6.26. The van der Waals surface area contributed by atoms with E-state index in [0.29, 0.717) is 27.1 Å². The Balaban J connectivity index is 1.77. The van der Waals surface area contributed by atoms with E-state index in [1.165, 1.54) is 30.3 Å². The summed E-state index contributed by atoms with van der Waals surface area (Å²) < 4.78 is 24.4. The first-order valence-corrected chi connectivity index (χ1v) is 9.93. The van der Waals surface area contributed by atoms with Gasteiger partial charge in [-0.1, -0.05) is 46.9 Å². The summed E-state index contributed by atoms with van der Waals surface area (Å²) in [6, 6.07) is 14.3. The Labute approximate surface area is 188 Å². The lowest BCUT2D eigenvalue weighted by atomic mass is 10.1. The molecule has 0 heterocycles. The number of hydrogen-bond donors (Lipinski definition) is 0. The number of benzene rings is 3. The molecule has 0 radical (unpaired) electrons. The maximum atomic E-state index is 13.3. The van der Waals surface area contributed by atoms with E-state index in [1.807, 2.05) is 12.1 Å². The Morgan fingerprint density at radius 1 is 1.00 bits per heavy atom. The highest BCUT2D eigenvalue weighted by Crippen LogP contribution is 2.26. The molecule has 0 aliphatic heterocycles. The Morgan fingerprint density at radius 3 is 2.50 bits per heavy atom. The van der Waals surface area contributed by atoms with E-state index in [0.717, 1.165) is 11.1 Å². The van der Waals surface area contributed by atoms with Gasteiger partial charge in [-0.05, 0) is 54.1 Å². The first kappa shape index (κ1) is 22.2. The van der Waals surface area contributed by atoms with Crippen LogP contribution in [-0.4, -0.2) is 12.9 Å². The molecule has 7 heteroatoms. The zero-order valence-electron chi connectivity index (χ0n) is 15.8. The van der Waals surface area contributed by atoms with Gasteiger partial charge in [-0.2, -0.15) is 0 Å². The van der Waals surface area contributed by atoms with Crippen molar-refractivity contribution in [3.63, 3.8) is 0 Å². The molecule has 30 heavy (non-hydrogen) atoms. The normalized spacial score (nSPS) is 11.0. The highest BCUT2D eigenvalue weighted by Gasteiger charge is 2.09. The summed E-state index contributed by atoms with van der Waals surface area (Å²) in [6.45, 7) is 0.170. The lowest BCUT2D eigenvalue weighted by Gasteiger charge is -2.11. The van der Waals surface area contributed by atoms with Crippen molar-refractivity contribution in [3.8, 4) is 11.5 Å². The quantitative estimate of drug-likeness (QED) is 0.272. The molecule has 154 valence electrons. The minimum absolute atomic E-state index is 0.0180. The van der Waals surface area contributed by atoms with Crippen LogP contribution < -0.4 is 9.47 Å². The smallest absolute Gasteiger partial charge is 0.187 e. The standard InChI is InChI=1S/C23H16Cl3FO3/c1-29-23-9-3-14(2-8-22(28)18-6-4-16(24)11-19(18)25)10-15(23)13-30-17-5-7-21(27)20(26)12-17/h2-12H,13H2,1H3/b8-2+. The lowest BCUT2D eigenvalue weighted by molar-refractivity contribution is 0.104. The molecule has 0 aliphatic carbocycles. The minimum atomic E-state index is -0.515. The molecular formula is C23H16Cl3FO3. The summed E-state index contributed by atoms with van der Waals surface area (Å²) in [6.07, 6.45) is 3.10. The molecule has 3 aromatic carbocycles. The first-order valence-electron chi connectivity index (χ1n) is 8.79. The molecule has 0 unspecified atom stereocenters. The SMILES string of the molecule is COc1ccc(/C=C/C(=O)c2ccc(Cl)cc2Cl)cc1COc1ccc(F)c(Cl)c1. The van der Waals surface area contributed by atoms with Crippen molar-refractivity contribution >= 4 is 46.7 Å². The molecule has 0 atom stereocenters. The monoisotopic (exact) mass is 464 g/mol. The van der Waals surface area contributed by atoms with Crippen LogP contribution in [-0.2, 0) is 6.61 Å². The van der Waals surface area contributed by atoms with E-state index in [9.17, 15) is 9.18 Å². The zero-order chi connectivity index (χ0) is 21.7. The molecule has 0 spiro atoms. The van der Waals surface area contributed by atoms with Crippen LogP contribution in [0.2, 0.25) is 15.1 Å². The molecule has 0 bridgehead atoms. The van der Waals surface area contributed by atoms with Crippen LogP contribution in [0.1, 0.15) is 21.5 Å². The topological polar surface area (TPSA) is 35.5 Å². The van der Waals surface area contributed by atoms with E-state index in [4.69, 9.17) is 44.3 Å². The molecule has 0 saturated heterocycles. The predicted octanol–water partition coefficient (Wildman–Crippen LogP) is 7.27. The van der Waals surface area contributed by atoms with Gasteiger partial charge >= 0.3 is 0 Å². The van der Waals surface area contributed by atoms with Gasteiger partial charge in [0, 0.05) is 22.2 Å². The summed E-state index contributed by atoms with van der Waals surface area (Å²) in [5.74, 6) is 0.287. The largest absolute Gasteiger partial charge is 0.496 e. The van der Waals surface area contributed by atoms with Crippen LogP contribution in [0, 0.1) is 5.82 Å². The van der Waals surface area contributed by atoms with Crippen LogP contribution in [0.3, 0.4) is 0 Å². The highest BCUT2D eigenvalue weighted by molar-refractivity contribution is 6.37. The summed E-state index contributed by atoms with van der Waals surface area (Å²) >= 11 is 17.7. The minimum Gasteiger partial charge on any atom is -0.496 e. The van der Waals surface area contributed by atoms with E-state index in [2.05, 4.69) is 0 Å². The van der Waals surface area contributed by atoms with Gasteiger partial charge in [0.2, 0.25) is 0 Å². The molecule has 3 rings (SSSR count). The molecule has 0 aromatic heterocycles. The summed E-state index contributed by atoms with van der Waals surface area (Å²) in [7, 11) is 1.55. The number of rotatable bonds is 7. The number of ketones is 1. The fraction of sp³-hybridized carbons (Fsp3) is 0.0870. The van der Waals surface area contributed by atoms with Crippen molar-refractivity contribution in [1.29, 1.82) is 0 Å². The van der Waals surface area contributed by atoms with Crippen molar-refractivity contribution < 1.29 is 18.7 Å². The third-order valence-corrected chi connectivity index (χ3v) is 5.05. The fourth-order valence-electron chi connectivity index (χ4n) is 2.69. The average molecular weight is 466 g/mol. The van der Waals surface area contributed by atoms with E-state index < -0.39 is 5.82 Å². The Morgan fingerprint density at radius 2 is 1.80 bits per heavy atom. The van der Waals surface area contributed by atoms with Gasteiger partial charge < -0.3 is 9.47 Å². The molecule has 0 N–H and O–H groups in total. The van der Waals surface area contributed by atoms with Gasteiger partial charge in [0.1, 0.15) is 23.9 Å². The molecule has 0 fully saturated rings. The number of carbonyl (C=O) groups excluding carboxylic acids is 1. The molecule has 3 nitrogen and oxygen atoms in total. The number of methoxy groups -OCH3 is 1. The van der Waals surface area contributed by atoms with E-state index in [-0.39, 0.29) is 17.4 Å². The van der Waals surface area contributed by atoms with Crippen molar-refractivity contribution in [1.82, 2.24) is 0 Å². The Bertz CT molecular complexity index is 1110. The second kappa shape index (κ2) is 9.98. The first-order chi connectivity index (χ1) is 14.4. The molecule has 0 amide bonds. The number of carbonyl (C=O) groups is 1. The van der Waals surface area contributed by atoms with Gasteiger partial charge in [-0.3, -0.25) is 4.79 Å². The molecule has 0 saturated carbocycles. The third-order valence-electron chi connectivity index (χ3n) is 4.21. The summed E-state index contributed by atoms with van der Waals surface area (Å²) in [5.41, 5.74) is 1.88. The lowest BCUT2D eigenvalue weighted by Crippen LogP contribution is -2.00. The summed E-state index contributed by atoms with van der Waals surface area (Å²) in [4.78, 5) is 12.4. The average Bonchev–Trinajstić information content (AvgIpc) is 2.73. The van der Waals surface area contributed by atoms with Crippen LogP contribution in [0.5, 0.6) is 11.5 Å². The Hall–Kier alpha value is -2.53.